The van der Waals surface area contributed by atoms with Crippen LogP contribution >= 0.6 is 11.3 Å². The molecule has 0 radical (unpaired) electrons. The van der Waals surface area contributed by atoms with Gasteiger partial charge in [0.2, 0.25) is 0 Å². The van der Waals surface area contributed by atoms with Crippen LogP contribution in [0.2, 0.25) is 0 Å². The minimum Gasteiger partial charge on any atom is -0.497 e. The lowest BCUT2D eigenvalue weighted by Gasteiger charge is -2.36. The number of likely N-dealkylation sites (tertiary alicyclic amines) is 1. The van der Waals surface area contributed by atoms with Gasteiger partial charge in [0.1, 0.15) is 5.75 Å². The molecule has 0 N–H and O–H groups in total. The van der Waals surface area contributed by atoms with Crippen LogP contribution in [-0.2, 0) is 12.0 Å². The smallest absolute Gasteiger partial charge is 0.119 e. The monoisotopic (exact) mass is 313 g/mol. The first-order valence-corrected chi connectivity index (χ1v) is 9.04. The van der Waals surface area contributed by atoms with E-state index in [9.17, 15) is 0 Å². The lowest BCUT2D eigenvalue weighted by atomic mass is 9.92. The molecule has 1 saturated heterocycles. The molecule has 2 aliphatic rings. The Kier molecular flexibility index (Phi) is 3.50. The molecule has 1 aliphatic carbocycles. The summed E-state index contributed by atoms with van der Waals surface area (Å²) < 4.78 is 5.39. The van der Waals surface area contributed by atoms with E-state index in [2.05, 4.69) is 47.5 Å². The summed E-state index contributed by atoms with van der Waals surface area (Å²) in [4.78, 5) is 4.27. The summed E-state index contributed by atoms with van der Waals surface area (Å²) in [5, 5.41) is 2.21. The molecule has 1 aromatic carbocycles. The van der Waals surface area contributed by atoms with Gasteiger partial charge in [-0.1, -0.05) is 12.1 Å². The molecule has 1 aromatic heterocycles. The average Bonchev–Trinajstić information content (AvgIpc) is 3.27. The van der Waals surface area contributed by atoms with Crippen molar-refractivity contribution in [3.8, 4) is 5.75 Å². The van der Waals surface area contributed by atoms with Gasteiger partial charge in [-0.3, -0.25) is 4.90 Å². The summed E-state index contributed by atoms with van der Waals surface area (Å²) in [5.74, 6) is 1.71. The number of aryl methyl sites for hydroxylation is 1. The standard InChI is InChI=1S/C19H23NOS/c1-19(9-7-14-12-16(21-2)5-6-17(14)19)20-10-8-15(13-20)18-4-3-11-22-18/h3-6,11-12,15H,7-10,13H2,1-2H3. The van der Waals surface area contributed by atoms with Crippen LogP contribution in [-0.4, -0.2) is 25.1 Å². The molecular formula is C19H23NOS. The molecule has 3 heteroatoms. The van der Waals surface area contributed by atoms with Crippen LogP contribution in [0.25, 0.3) is 0 Å². The molecule has 22 heavy (non-hydrogen) atoms. The first kappa shape index (κ1) is 14.3. The number of hydrogen-bond donors (Lipinski definition) is 0. The number of benzene rings is 1. The Hall–Kier alpha value is -1.32. The van der Waals surface area contributed by atoms with E-state index in [1.807, 2.05) is 11.3 Å². The second kappa shape index (κ2) is 5.39. The van der Waals surface area contributed by atoms with Gasteiger partial charge in [0, 0.05) is 22.9 Å². The first-order valence-electron chi connectivity index (χ1n) is 8.16. The van der Waals surface area contributed by atoms with Crippen LogP contribution in [0.3, 0.4) is 0 Å². The van der Waals surface area contributed by atoms with E-state index in [0.29, 0.717) is 0 Å². The van der Waals surface area contributed by atoms with Gasteiger partial charge in [-0.05, 0) is 67.4 Å². The molecule has 0 saturated carbocycles. The van der Waals surface area contributed by atoms with Crippen LogP contribution in [0.1, 0.15) is 41.7 Å². The highest BCUT2D eigenvalue weighted by Gasteiger charge is 2.42. The number of methoxy groups -OCH3 is 1. The normalized spacial score (nSPS) is 28.0. The molecule has 2 nitrogen and oxygen atoms in total. The highest BCUT2D eigenvalue weighted by Crippen LogP contribution is 2.46. The molecule has 1 fully saturated rings. The number of ether oxygens (including phenoxy) is 1. The summed E-state index contributed by atoms with van der Waals surface area (Å²) in [6, 6.07) is 11.1. The fourth-order valence-corrected chi connectivity index (χ4v) is 5.09. The van der Waals surface area contributed by atoms with Gasteiger partial charge < -0.3 is 4.74 Å². The Bertz CT molecular complexity index is 666. The molecule has 2 unspecified atom stereocenters. The SMILES string of the molecule is COc1ccc2c(c1)CCC2(C)N1CCC(c2cccs2)C1. The maximum Gasteiger partial charge on any atom is 0.119 e. The first-order chi connectivity index (χ1) is 10.7. The quantitative estimate of drug-likeness (QED) is 0.832. The second-order valence-electron chi connectivity index (χ2n) is 6.74. The summed E-state index contributed by atoms with van der Waals surface area (Å²) in [6.45, 7) is 4.84. The van der Waals surface area contributed by atoms with Crippen LogP contribution in [0.4, 0.5) is 0 Å². The Morgan fingerprint density at radius 1 is 1.32 bits per heavy atom. The minimum absolute atomic E-state index is 0.202. The van der Waals surface area contributed by atoms with Crippen molar-refractivity contribution in [2.45, 2.75) is 37.6 Å². The van der Waals surface area contributed by atoms with E-state index in [1.165, 1.54) is 43.5 Å². The van der Waals surface area contributed by atoms with E-state index in [-0.39, 0.29) is 5.54 Å². The minimum atomic E-state index is 0.202. The van der Waals surface area contributed by atoms with Gasteiger partial charge in [-0.2, -0.15) is 0 Å². The van der Waals surface area contributed by atoms with Crippen molar-refractivity contribution in [3.63, 3.8) is 0 Å². The van der Waals surface area contributed by atoms with Gasteiger partial charge in [0.15, 0.2) is 0 Å². The Morgan fingerprint density at radius 3 is 3.00 bits per heavy atom. The van der Waals surface area contributed by atoms with Crippen LogP contribution < -0.4 is 4.74 Å². The van der Waals surface area contributed by atoms with Crippen molar-refractivity contribution in [1.82, 2.24) is 4.90 Å². The molecule has 116 valence electrons. The Morgan fingerprint density at radius 2 is 2.23 bits per heavy atom. The van der Waals surface area contributed by atoms with Crippen LogP contribution in [0.15, 0.2) is 35.7 Å². The molecule has 0 spiro atoms. The topological polar surface area (TPSA) is 12.5 Å². The molecular weight excluding hydrogens is 290 g/mol. The Balaban J connectivity index is 1.59. The van der Waals surface area contributed by atoms with Crippen LogP contribution in [0.5, 0.6) is 5.75 Å². The maximum atomic E-state index is 5.39. The molecule has 0 bridgehead atoms. The summed E-state index contributed by atoms with van der Waals surface area (Å²) in [7, 11) is 1.75. The van der Waals surface area contributed by atoms with Gasteiger partial charge in [-0.25, -0.2) is 0 Å². The lowest BCUT2D eigenvalue weighted by Crippen LogP contribution is -2.40. The van der Waals surface area contributed by atoms with Crippen molar-refractivity contribution < 1.29 is 4.74 Å². The number of fused-ring (bicyclic) bond motifs is 1. The van der Waals surface area contributed by atoms with Gasteiger partial charge in [0.05, 0.1) is 7.11 Å². The van der Waals surface area contributed by atoms with E-state index < -0.39 is 0 Å². The van der Waals surface area contributed by atoms with Crippen molar-refractivity contribution in [3.05, 3.63) is 51.7 Å². The van der Waals surface area contributed by atoms with E-state index in [4.69, 9.17) is 4.74 Å². The summed E-state index contributed by atoms with van der Waals surface area (Å²) in [6.07, 6.45) is 3.69. The fraction of sp³-hybridized carbons (Fsp3) is 0.474. The second-order valence-corrected chi connectivity index (χ2v) is 7.72. The highest BCUT2D eigenvalue weighted by atomic mass is 32.1. The number of rotatable bonds is 3. The third kappa shape index (κ3) is 2.19. The van der Waals surface area contributed by atoms with E-state index in [0.717, 1.165) is 11.7 Å². The van der Waals surface area contributed by atoms with Gasteiger partial charge >= 0.3 is 0 Å². The molecule has 1 aliphatic heterocycles. The Labute approximate surface area is 136 Å². The largest absolute Gasteiger partial charge is 0.497 e. The summed E-state index contributed by atoms with van der Waals surface area (Å²) in [5.41, 5.74) is 3.19. The zero-order valence-electron chi connectivity index (χ0n) is 13.3. The predicted molar refractivity (Wildman–Crippen MR) is 91.9 cm³/mol. The highest BCUT2D eigenvalue weighted by molar-refractivity contribution is 7.10. The predicted octanol–water partition coefficient (Wildman–Crippen LogP) is 4.41. The van der Waals surface area contributed by atoms with Gasteiger partial charge in [0.25, 0.3) is 0 Å². The number of thiophene rings is 1. The molecule has 4 rings (SSSR count). The molecule has 0 amide bonds. The van der Waals surface area contributed by atoms with Crippen molar-refractivity contribution in [2.75, 3.05) is 20.2 Å². The van der Waals surface area contributed by atoms with Crippen molar-refractivity contribution in [2.24, 2.45) is 0 Å². The lowest BCUT2D eigenvalue weighted by molar-refractivity contribution is 0.134. The third-order valence-electron chi connectivity index (χ3n) is 5.61. The van der Waals surface area contributed by atoms with Gasteiger partial charge in [-0.15, -0.1) is 11.3 Å². The van der Waals surface area contributed by atoms with Crippen molar-refractivity contribution >= 4 is 11.3 Å². The third-order valence-corrected chi connectivity index (χ3v) is 6.64. The maximum absolute atomic E-state index is 5.39. The number of hydrogen-bond acceptors (Lipinski definition) is 3. The fourth-order valence-electron chi connectivity index (χ4n) is 4.23. The van der Waals surface area contributed by atoms with Crippen LogP contribution in [0, 0.1) is 0 Å². The van der Waals surface area contributed by atoms with E-state index >= 15 is 0 Å². The zero-order valence-corrected chi connectivity index (χ0v) is 14.2. The number of nitrogens with zero attached hydrogens (tertiary/aromatic N) is 1. The van der Waals surface area contributed by atoms with Crippen molar-refractivity contribution in [1.29, 1.82) is 0 Å². The average molecular weight is 313 g/mol. The molecule has 2 aromatic rings. The van der Waals surface area contributed by atoms with E-state index in [1.54, 1.807) is 12.0 Å². The molecule has 2 atom stereocenters. The zero-order chi connectivity index (χ0) is 15.2. The summed E-state index contributed by atoms with van der Waals surface area (Å²) >= 11 is 1.91. The molecule has 2 heterocycles.